The lowest BCUT2D eigenvalue weighted by molar-refractivity contribution is -0.384. The predicted molar refractivity (Wildman–Crippen MR) is 130 cm³/mol. The zero-order valence-corrected chi connectivity index (χ0v) is 19.3. The first-order chi connectivity index (χ1) is 16.3. The summed E-state index contributed by atoms with van der Waals surface area (Å²) in [5.41, 5.74) is 1.90. The average Bonchev–Trinajstić information content (AvgIpc) is 2.83. The first-order valence-corrected chi connectivity index (χ1v) is 10.5. The normalized spacial score (nSPS) is 10.8. The van der Waals surface area contributed by atoms with Crippen LogP contribution in [0.2, 0.25) is 10.0 Å². The highest BCUT2D eigenvalue weighted by Gasteiger charge is 2.11. The van der Waals surface area contributed by atoms with Gasteiger partial charge >= 0.3 is 0 Å². The standard InChI is InChI=1S/C24H17Cl2N3O5/c1-33-23-11-15(10-17(13-27)16-3-6-19(7-4-16)29(31)32)2-9-22(23)34-14-24(30)28-18-5-8-20(25)21(26)12-18/h2-12H,14H2,1H3,(H,28,30). The van der Waals surface area contributed by atoms with Gasteiger partial charge in [-0.3, -0.25) is 14.9 Å². The Kier molecular flexibility index (Phi) is 8.09. The van der Waals surface area contributed by atoms with Crippen LogP contribution in [0.3, 0.4) is 0 Å². The molecular weight excluding hydrogens is 481 g/mol. The molecule has 172 valence electrons. The molecule has 0 aliphatic rings. The van der Waals surface area contributed by atoms with Crippen LogP contribution in [0.4, 0.5) is 11.4 Å². The number of hydrogen-bond donors (Lipinski definition) is 1. The Morgan fingerprint density at radius 2 is 1.82 bits per heavy atom. The molecule has 3 aromatic carbocycles. The van der Waals surface area contributed by atoms with Gasteiger partial charge < -0.3 is 14.8 Å². The average molecular weight is 498 g/mol. The second-order valence-electron chi connectivity index (χ2n) is 6.85. The van der Waals surface area contributed by atoms with Crippen LogP contribution in [0.25, 0.3) is 11.6 Å². The number of halogens is 2. The van der Waals surface area contributed by atoms with Crippen molar-refractivity contribution in [2.75, 3.05) is 19.0 Å². The number of nitrogens with zero attached hydrogens (tertiary/aromatic N) is 2. The van der Waals surface area contributed by atoms with Crippen LogP contribution < -0.4 is 14.8 Å². The Morgan fingerprint density at radius 3 is 2.44 bits per heavy atom. The molecule has 0 fully saturated rings. The van der Waals surface area contributed by atoms with E-state index in [-0.39, 0.29) is 12.3 Å². The van der Waals surface area contributed by atoms with Crippen LogP contribution in [0.1, 0.15) is 11.1 Å². The first-order valence-electron chi connectivity index (χ1n) is 9.73. The van der Waals surface area contributed by atoms with Gasteiger partial charge in [-0.25, -0.2) is 0 Å². The Hall–Kier alpha value is -4.06. The van der Waals surface area contributed by atoms with E-state index in [2.05, 4.69) is 11.4 Å². The summed E-state index contributed by atoms with van der Waals surface area (Å²) in [6.07, 6.45) is 1.62. The third-order valence-electron chi connectivity index (χ3n) is 4.57. The lowest BCUT2D eigenvalue weighted by Gasteiger charge is -2.12. The van der Waals surface area contributed by atoms with E-state index < -0.39 is 10.8 Å². The molecule has 0 heterocycles. The second-order valence-corrected chi connectivity index (χ2v) is 7.66. The van der Waals surface area contributed by atoms with E-state index in [0.29, 0.717) is 43.9 Å². The number of non-ortho nitro benzene ring substituents is 1. The van der Waals surface area contributed by atoms with Crippen molar-refractivity contribution in [3.63, 3.8) is 0 Å². The number of anilines is 1. The molecule has 0 saturated heterocycles. The molecule has 0 aromatic heterocycles. The van der Waals surface area contributed by atoms with Crippen molar-refractivity contribution in [3.8, 4) is 17.6 Å². The maximum atomic E-state index is 12.2. The lowest BCUT2D eigenvalue weighted by Crippen LogP contribution is -2.20. The van der Waals surface area contributed by atoms with Gasteiger partial charge in [0.2, 0.25) is 0 Å². The third-order valence-corrected chi connectivity index (χ3v) is 5.31. The summed E-state index contributed by atoms with van der Waals surface area (Å²) in [5.74, 6) is 0.282. The molecule has 0 bridgehead atoms. The zero-order chi connectivity index (χ0) is 24.7. The summed E-state index contributed by atoms with van der Waals surface area (Å²) in [5, 5.41) is 23.7. The third kappa shape index (κ3) is 6.25. The number of rotatable bonds is 8. The van der Waals surface area contributed by atoms with Gasteiger partial charge in [0.05, 0.1) is 33.7 Å². The molecule has 3 aromatic rings. The number of hydrogen-bond acceptors (Lipinski definition) is 6. The zero-order valence-electron chi connectivity index (χ0n) is 17.7. The summed E-state index contributed by atoms with van der Waals surface area (Å²) in [6.45, 7) is -0.280. The fourth-order valence-electron chi connectivity index (χ4n) is 2.92. The Morgan fingerprint density at radius 1 is 1.09 bits per heavy atom. The van der Waals surface area contributed by atoms with Gasteiger partial charge in [-0.15, -0.1) is 0 Å². The molecule has 8 nitrogen and oxygen atoms in total. The number of nitriles is 1. The number of ether oxygens (including phenoxy) is 2. The maximum Gasteiger partial charge on any atom is 0.269 e. The summed E-state index contributed by atoms with van der Waals surface area (Å²) in [6, 6.07) is 17.4. The monoisotopic (exact) mass is 497 g/mol. The van der Waals surface area contributed by atoms with Crippen molar-refractivity contribution in [1.29, 1.82) is 5.26 Å². The second kappa shape index (κ2) is 11.2. The van der Waals surface area contributed by atoms with Gasteiger partial charge in [-0.05, 0) is 59.7 Å². The van der Waals surface area contributed by atoms with E-state index in [4.69, 9.17) is 32.7 Å². The van der Waals surface area contributed by atoms with E-state index in [9.17, 15) is 20.2 Å². The highest BCUT2D eigenvalue weighted by atomic mass is 35.5. The van der Waals surface area contributed by atoms with Gasteiger partial charge in [-0.1, -0.05) is 29.3 Å². The van der Waals surface area contributed by atoms with E-state index >= 15 is 0 Å². The van der Waals surface area contributed by atoms with Crippen LogP contribution in [-0.2, 0) is 4.79 Å². The first kappa shape index (κ1) is 24.6. The molecule has 34 heavy (non-hydrogen) atoms. The van der Waals surface area contributed by atoms with Crippen LogP contribution in [0.15, 0.2) is 60.7 Å². The van der Waals surface area contributed by atoms with Crippen molar-refractivity contribution in [3.05, 3.63) is 92.0 Å². The largest absolute Gasteiger partial charge is 0.493 e. The minimum atomic E-state index is -0.506. The minimum absolute atomic E-state index is 0.0626. The van der Waals surface area contributed by atoms with Gasteiger partial charge in [0, 0.05) is 17.8 Å². The number of allylic oxidation sites excluding steroid dienone is 1. The molecule has 0 spiro atoms. The molecule has 3 rings (SSSR count). The summed E-state index contributed by atoms with van der Waals surface area (Å²) in [4.78, 5) is 22.5. The van der Waals surface area contributed by atoms with Crippen LogP contribution in [-0.4, -0.2) is 24.5 Å². The minimum Gasteiger partial charge on any atom is -0.493 e. The molecule has 10 heteroatoms. The predicted octanol–water partition coefficient (Wildman–Crippen LogP) is 5.99. The van der Waals surface area contributed by atoms with E-state index in [0.717, 1.165) is 0 Å². The highest BCUT2D eigenvalue weighted by Crippen LogP contribution is 2.30. The molecule has 0 atom stereocenters. The summed E-state index contributed by atoms with van der Waals surface area (Å²) < 4.78 is 10.9. The fourth-order valence-corrected chi connectivity index (χ4v) is 3.22. The van der Waals surface area contributed by atoms with Gasteiger partial charge in [0.15, 0.2) is 18.1 Å². The maximum absolute atomic E-state index is 12.2. The smallest absolute Gasteiger partial charge is 0.269 e. The van der Waals surface area contributed by atoms with E-state index in [1.165, 1.54) is 37.4 Å². The van der Waals surface area contributed by atoms with Crippen molar-refractivity contribution in [2.45, 2.75) is 0 Å². The molecule has 0 aliphatic heterocycles. The number of methoxy groups -OCH3 is 1. The van der Waals surface area contributed by atoms with Crippen molar-refractivity contribution >= 4 is 52.1 Å². The highest BCUT2D eigenvalue weighted by molar-refractivity contribution is 6.42. The van der Waals surface area contributed by atoms with Crippen molar-refractivity contribution in [1.82, 2.24) is 0 Å². The SMILES string of the molecule is COc1cc(C=C(C#N)c2ccc([N+](=O)[O-])cc2)ccc1OCC(=O)Nc1ccc(Cl)c(Cl)c1. The van der Waals surface area contributed by atoms with Gasteiger partial charge in [0.25, 0.3) is 11.6 Å². The van der Waals surface area contributed by atoms with Gasteiger partial charge in [-0.2, -0.15) is 5.26 Å². The number of nitro groups is 1. The number of nitro benzene ring substituents is 1. The number of nitrogens with one attached hydrogen (secondary N) is 1. The van der Waals surface area contributed by atoms with E-state index in [1.54, 1.807) is 36.4 Å². The quantitative estimate of drug-likeness (QED) is 0.177. The number of amides is 1. The molecular formula is C24H17Cl2N3O5. The van der Waals surface area contributed by atoms with Crippen LogP contribution >= 0.6 is 23.2 Å². The molecule has 0 radical (unpaired) electrons. The molecule has 0 unspecified atom stereocenters. The van der Waals surface area contributed by atoms with Gasteiger partial charge in [0.1, 0.15) is 0 Å². The molecule has 0 saturated carbocycles. The molecule has 1 N–H and O–H groups in total. The van der Waals surface area contributed by atoms with Crippen LogP contribution in [0, 0.1) is 21.4 Å². The molecule has 1 amide bonds. The number of carbonyl (C=O) groups is 1. The Balaban J connectivity index is 1.71. The fraction of sp³-hybridized carbons (Fsp3) is 0.0833. The van der Waals surface area contributed by atoms with Crippen molar-refractivity contribution < 1.29 is 19.2 Å². The lowest BCUT2D eigenvalue weighted by atomic mass is 10.0. The topological polar surface area (TPSA) is 114 Å². The molecule has 0 aliphatic carbocycles. The number of carbonyl (C=O) groups excluding carboxylic acids is 1. The summed E-state index contributed by atoms with van der Waals surface area (Å²) >= 11 is 11.8. The number of benzene rings is 3. The Bertz CT molecular complexity index is 1300. The van der Waals surface area contributed by atoms with Crippen LogP contribution in [0.5, 0.6) is 11.5 Å². The Labute approximate surface area is 205 Å². The van der Waals surface area contributed by atoms with E-state index in [1.807, 2.05) is 0 Å². The van der Waals surface area contributed by atoms with Crippen molar-refractivity contribution in [2.24, 2.45) is 0 Å². The summed E-state index contributed by atoms with van der Waals surface area (Å²) in [7, 11) is 1.45.